The summed E-state index contributed by atoms with van der Waals surface area (Å²) in [4.78, 5) is 2.35. The Kier molecular flexibility index (Phi) is 4.06. The van der Waals surface area contributed by atoms with Crippen molar-refractivity contribution in [3.8, 4) is 11.5 Å². The molecule has 1 fully saturated rings. The second-order valence-electron chi connectivity index (χ2n) is 5.84. The van der Waals surface area contributed by atoms with Crippen LogP contribution in [0.1, 0.15) is 24.9 Å². The maximum atomic E-state index is 13.2. The van der Waals surface area contributed by atoms with E-state index in [1.807, 2.05) is 13.0 Å². The molecule has 1 aromatic carbocycles. The number of piperazine rings is 1. The third-order valence-corrected chi connectivity index (χ3v) is 3.94. The molecule has 22 heavy (non-hydrogen) atoms. The molecule has 0 bridgehead atoms. The molecule has 2 heterocycles. The number of hydrogen-bond donors (Lipinski definition) is 1. The van der Waals surface area contributed by atoms with E-state index in [2.05, 4.69) is 26.3 Å². The lowest BCUT2D eigenvalue weighted by atomic mass is 9.97. The highest BCUT2D eigenvalue weighted by atomic mass is 19.3. The zero-order valence-corrected chi connectivity index (χ0v) is 12.6. The molecule has 1 saturated heterocycles. The van der Waals surface area contributed by atoms with Gasteiger partial charge < -0.3 is 14.8 Å². The Labute approximate surface area is 128 Å². The minimum absolute atomic E-state index is 0.0862. The Balaban J connectivity index is 1.86. The van der Waals surface area contributed by atoms with Gasteiger partial charge in [0.05, 0.1) is 0 Å². The highest BCUT2D eigenvalue weighted by Crippen LogP contribution is 2.43. The number of rotatable bonds is 4. The average Bonchev–Trinajstić information content (AvgIpc) is 2.78. The van der Waals surface area contributed by atoms with Gasteiger partial charge in [0.25, 0.3) is 0 Å². The zero-order chi connectivity index (χ0) is 15.7. The summed E-state index contributed by atoms with van der Waals surface area (Å²) in [6.07, 6.45) is -2.78. The van der Waals surface area contributed by atoms with Crippen LogP contribution < -0.4 is 14.8 Å². The maximum absolute atomic E-state index is 13.2. The Morgan fingerprint density at radius 1 is 1.32 bits per heavy atom. The van der Waals surface area contributed by atoms with E-state index in [-0.39, 0.29) is 17.5 Å². The maximum Gasteiger partial charge on any atom is 0.586 e. The Bertz CT molecular complexity index is 571. The number of fused-ring (bicyclic) bond motifs is 1. The molecule has 4 nitrogen and oxygen atoms in total. The molecule has 120 valence electrons. The molecule has 0 spiro atoms. The van der Waals surface area contributed by atoms with Crippen molar-refractivity contribution >= 4 is 0 Å². The van der Waals surface area contributed by atoms with Crippen LogP contribution in [0.4, 0.5) is 8.78 Å². The van der Waals surface area contributed by atoms with E-state index in [1.165, 1.54) is 0 Å². The predicted molar refractivity (Wildman–Crippen MR) is 79.3 cm³/mol. The van der Waals surface area contributed by atoms with Gasteiger partial charge in [0.15, 0.2) is 11.5 Å². The highest BCUT2D eigenvalue weighted by molar-refractivity contribution is 5.46. The molecule has 0 saturated carbocycles. The standard InChI is InChI=1S/C16H20F2N2O2/c1-11(2)9-13(20-7-5-19-6-8-20)12-3-4-14-15(10-12)22-16(17,18)21-14/h3-4,10,13,19H,1,5-9H2,2H3/t13-/m1/s1. The van der Waals surface area contributed by atoms with Crippen LogP contribution in [0.15, 0.2) is 30.4 Å². The van der Waals surface area contributed by atoms with E-state index >= 15 is 0 Å². The van der Waals surface area contributed by atoms with Crippen LogP contribution in [-0.4, -0.2) is 37.4 Å². The van der Waals surface area contributed by atoms with Crippen molar-refractivity contribution in [3.63, 3.8) is 0 Å². The number of ether oxygens (including phenoxy) is 2. The molecule has 0 unspecified atom stereocenters. The first-order valence-electron chi connectivity index (χ1n) is 7.43. The van der Waals surface area contributed by atoms with Crippen LogP contribution in [-0.2, 0) is 0 Å². The van der Waals surface area contributed by atoms with Crippen molar-refractivity contribution in [1.29, 1.82) is 0 Å². The topological polar surface area (TPSA) is 33.7 Å². The van der Waals surface area contributed by atoms with Crippen LogP contribution in [0.25, 0.3) is 0 Å². The van der Waals surface area contributed by atoms with Gasteiger partial charge in [0.1, 0.15) is 0 Å². The van der Waals surface area contributed by atoms with Crippen molar-refractivity contribution in [2.75, 3.05) is 26.2 Å². The van der Waals surface area contributed by atoms with Gasteiger partial charge in [-0.2, -0.15) is 0 Å². The number of alkyl halides is 2. The summed E-state index contributed by atoms with van der Waals surface area (Å²) >= 11 is 0. The lowest BCUT2D eigenvalue weighted by Crippen LogP contribution is -2.45. The van der Waals surface area contributed by atoms with Crippen molar-refractivity contribution in [2.45, 2.75) is 25.7 Å². The molecule has 2 aliphatic rings. The monoisotopic (exact) mass is 310 g/mol. The van der Waals surface area contributed by atoms with Gasteiger partial charge in [0, 0.05) is 32.2 Å². The van der Waals surface area contributed by atoms with Crippen LogP contribution in [0.2, 0.25) is 0 Å². The second kappa shape index (κ2) is 5.85. The lowest BCUT2D eigenvalue weighted by Gasteiger charge is -2.35. The van der Waals surface area contributed by atoms with E-state index in [0.717, 1.165) is 43.7 Å². The molecule has 1 N–H and O–H groups in total. The second-order valence-corrected chi connectivity index (χ2v) is 5.84. The van der Waals surface area contributed by atoms with Crippen LogP contribution in [0.5, 0.6) is 11.5 Å². The van der Waals surface area contributed by atoms with Gasteiger partial charge in [0.2, 0.25) is 0 Å². The summed E-state index contributed by atoms with van der Waals surface area (Å²) in [5.41, 5.74) is 2.01. The third kappa shape index (κ3) is 3.23. The molecule has 0 aromatic heterocycles. The molecule has 0 amide bonds. The Morgan fingerprint density at radius 3 is 2.68 bits per heavy atom. The smallest absolute Gasteiger partial charge is 0.395 e. The largest absolute Gasteiger partial charge is 0.586 e. The normalized spacial score (nSPS) is 21.6. The number of hydrogen-bond acceptors (Lipinski definition) is 4. The van der Waals surface area contributed by atoms with E-state index in [4.69, 9.17) is 0 Å². The van der Waals surface area contributed by atoms with Gasteiger partial charge in [-0.3, -0.25) is 4.90 Å². The number of nitrogens with one attached hydrogen (secondary N) is 1. The quantitative estimate of drug-likeness (QED) is 0.867. The van der Waals surface area contributed by atoms with Crippen molar-refractivity contribution in [1.82, 2.24) is 10.2 Å². The van der Waals surface area contributed by atoms with E-state index in [9.17, 15) is 8.78 Å². The van der Waals surface area contributed by atoms with Gasteiger partial charge >= 0.3 is 6.29 Å². The summed E-state index contributed by atoms with van der Waals surface area (Å²) in [6, 6.07) is 5.16. The fraction of sp³-hybridized carbons (Fsp3) is 0.500. The Morgan fingerprint density at radius 2 is 2.00 bits per heavy atom. The molecule has 3 rings (SSSR count). The van der Waals surface area contributed by atoms with Crippen LogP contribution in [0.3, 0.4) is 0 Å². The molecular formula is C16H20F2N2O2. The van der Waals surface area contributed by atoms with E-state index in [0.29, 0.717) is 0 Å². The van der Waals surface area contributed by atoms with Gasteiger partial charge in [-0.25, -0.2) is 0 Å². The van der Waals surface area contributed by atoms with Gasteiger partial charge in [-0.05, 0) is 31.0 Å². The van der Waals surface area contributed by atoms with Gasteiger partial charge in [-0.1, -0.05) is 11.6 Å². The number of halogens is 2. The van der Waals surface area contributed by atoms with Crippen LogP contribution in [0, 0.1) is 0 Å². The zero-order valence-electron chi connectivity index (χ0n) is 12.6. The van der Waals surface area contributed by atoms with Crippen molar-refractivity contribution in [3.05, 3.63) is 35.9 Å². The lowest BCUT2D eigenvalue weighted by molar-refractivity contribution is -0.286. The summed E-state index contributed by atoms with van der Waals surface area (Å²) in [7, 11) is 0. The SMILES string of the molecule is C=C(C)C[C@H](c1ccc2c(c1)OC(F)(F)O2)N1CCNCC1. The first kappa shape index (κ1) is 15.2. The molecular weight excluding hydrogens is 290 g/mol. The molecule has 6 heteroatoms. The van der Waals surface area contributed by atoms with Crippen molar-refractivity contribution in [2.24, 2.45) is 0 Å². The third-order valence-electron chi connectivity index (χ3n) is 3.94. The number of nitrogens with zero attached hydrogens (tertiary/aromatic N) is 1. The fourth-order valence-corrected chi connectivity index (χ4v) is 2.95. The first-order chi connectivity index (χ1) is 10.4. The molecule has 1 aromatic rings. The molecule has 1 atom stereocenters. The van der Waals surface area contributed by atoms with Gasteiger partial charge in [-0.15, -0.1) is 15.4 Å². The first-order valence-corrected chi connectivity index (χ1v) is 7.43. The predicted octanol–water partition coefficient (Wildman–Crippen LogP) is 2.92. The highest BCUT2D eigenvalue weighted by Gasteiger charge is 2.43. The molecule has 0 radical (unpaired) electrons. The minimum Gasteiger partial charge on any atom is -0.395 e. The van der Waals surface area contributed by atoms with Crippen molar-refractivity contribution < 1.29 is 18.3 Å². The minimum atomic E-state index is -3.57. The molecule has 0 aliphatic carbocycles. The fourth-order valence-electron chi connectivity index (χ4n) is 2.95. The number of benzene rings is 1. The van der Waals surface area contributed by atoms with E-state index < -0.39 is 6.29 Å². The Hall–Kier alpha value is -1.66. The molecule has 2 aliphatic heterocycles. The average molecular weight is 310 g/mol. The summed E-state index contributed by atoms with van der Waals surface area (Å²) in [5.74, 6) is 0.187. The van der Waals surface area contributed by atoms with Crippen LogP contribution >= 0.6 is 0 Å². The summed E-state index contributed by atoms with van der Waals surface area (Å²) < 4.78 is 35.3. The van der Waals surface area contributed by atoms with E-state index in [1.54, 1.807) is 12.1 Å². The summed E-state index contributed by atoms with van der Waals surface area (Å²) in [5, 5.41) is 3.32. The summed E-state index contributed by atoms with van der Waals surface area (Å²) in [6.45, 7) is 9.67.